The Balaban J connectivity index is 1.82. The lowest BCUT2D eigenvalue weighted by atomic mass is 10.3. The standard InChI is InChI=1S/C17H13N3O4/c21-16(19-12-5-7-18-8-6-12)14(11-13-3-1-9-23-13)20-17(22)15-4-2-10-24-15/h1-11H,(H,20,22)(H,18,19,21)/b14-11+. The Morgan fingerprint density at radius 1 is 1.00 bits per heavy atom. The quantitative estimate of drug-likeness (QED) is 0.704. The molecule has 0 aliphatic rings. The van der Waals surface area contributed by atoms with Gasteiger partial charge in [-0.3, -0.25) is 14.6 Å². The number of amides is 2. The van der Waals surface area contributed by atoms with E-state index in [4.69, 9.17) is 8.83 Å². The number of hydrogen-bond donors (Lipinski definition) is 2. The second-order valence-corrected chi connectivity index (χ2v) is 4.69. The highest BCUT2D eigenvalue weighted by molar-refractivity contribution is 6.10. The van der Waals surface area contributed by atoms with Gasteiger partial charge in [-0.2, -0.15) is 0 Å². The van der Waals surface area contributed by atoms with Gasteiger partial charge < -0.3 is 19.5 Å². The fourth-order valence-corrected chi connectivity index (χ4v) is 1.90. The maximum absolute atomic E-state index is 12.5. The molecule has 7 nitrogen and oxygen atoms in total. The molecule has 0 radical (unpaired) electrons. The summed E-state index contributed by atoms with van der Waals surface area (Å²) in [6, 6.07) is 9.70. The van der Waals surface area contributed by atoms with E-state index in [0.29, 0.717) is 11.4 Å². The number of hydrogen-bond acceptors (Lipinski definition) is 5. The van der Waals surface area contributed by atoms with Crippen molar-refractivity contribution < 1.29 is 18.4 Å². The number of rotatable bonds is 5. The number of carbonyl (C=O) groups excluding carboxylic acids is 2. The van der Waals surface area contributed by atoms with E-state index in [0.717, 1.165) is 0 Å². The Hall–Kier alpha value is -3.61. The van der Waals surface area contributed by atoms with Gasteiger partial charge in [0.05, 0.1) is 12.5 Å². The summed E-state index contributed by atoms with van der Waals surface area (Å²) in [4.78, 5) is 28.5. The summed E-state index contributed by atoms with van der Waals surface area (Å²) in [5.41, 5.74) is 0.566. The van der Waals surface area contributed by atoms with Gasteiger partial charge in [0.2, 0.25) is 0 Å². The average molecular weight is 323 g/mol. The molecule has 2 amide bonds. The summed E-state index contributed by atoms with van der Waals surface area (Å²) < 4.78 is 10.2. The van der Waals surface area contributed by atoms with E-state index in [1.54, 1.807) is 42.7 Å². The molecule has 0 aromatic carbocycles. The summed E-state index contributed by atoms with van der Waals surface area (Å²) in [5, 5.41) is 5.19. The zero-order chi connectivity index (χ0) is 16.8. The van der Waals surface area contributed by atoms with Crippen molar-refractivity contribution in [2.75, 3.05) is 5.32 Å². The molecule has 120 valence electrons. The van der Waals surface area contributed by atoms with E-state index in [-0.39, 0.29) is 11.5 Å². The molecule has 0 fully saturated rings. The monoisotopic (exact) mass is 323 g/mol. The van der Waals surface area contributed by atoms with E-state index in [9.17, 15) is 9.59 Å². The number of anilines is 1. The van der Waals surface area contributed by atoms with Crippen molar-refractivity contribution in [1.82, 2.24) is 10.3 Å². The normalized spacial score (nSPS) is 11.1. The molecular formula is C17H13N3O4. The summed E-state index contributed by atoms with van der Waals surface area (Å²) in [6.45, 7) is 0. The molecule has 3 aromatic rings. The first-order chi connectivity index (χ1) is 11.7. The Labute approximate surface area is 137 Å². The van der Waals surface area contributed by atoms with Crippen LogP contribution in [0.15, 0.2) is 75.8 Å². The van der Waals surface area contributed by atoms with E-state index in [1.165, 1.54) is 24.7 Å². The van der Waals surface area contributed by atoms with Crippen LogP contribution in [-0.4, -0.2) is 16.8 Å². The van der Waals surface area contributed by atoms with Gasteiger partial charge in [0.1, 0.15) is 11.5 Å². The smallest absolute Gasteiger partial charge is 0.291 e. The zero-order valence-corrected chi connectivity index (χ0v) is 12.4. The summed E-state index contributed by atoms with van der Waals surface area (Å²) in [5.74, 6) is -0.521. The number of furan rings is 2. The van der Waals surface area contributed by atoms with Crippen LogP contribution in [0, 0.1) is 0 Å². The van der Waals surface area contributed by atoms with Crippen LogP contribution in [0.1, 0.15) is 16.3 Å². The van der Waals surface area contributed by atoms with E-state index in [1.807, 2.05) is 0 Å². The Bertz CT molecular complexity index is 837. The molecule has 24 heavy (non-hydrogen) atoms. The average Bonchev–Trinajstić information content (AvgIpc) is 3.29. The van der Waals surface area contributed by atoms with Crippen molar-refractivity contribution in [1.29, 1.82) is 0 Å². The second-order valence-electron chi connectivity index (χ2n) is 4.69. The molecule has 3 rings (SSSR count). The highest BCUT2D eigenvalue weighted by atomic mass is 16.3. The van der Waals surface area contributed by atoms with Crippen LogP contribution in [0.4, 0.5) is 5.69 Å². The Morgan fingerprint density at radius 2 is 1.75 bits per heavy atom. The predicted molar refractivity (Wildman–Crippen MR) is 85.7 cm³/mol. The Kier molecular flexibility index (Phi) is 4.52. The number of pyridine rings is 1. The molecule has 0 spiro atoms. The molecule has 0 aliphatic heterocycles. The van der Waals surface area contributed by atoms with Crippen LogP contribution in [0.3, 0.4) is 0 Å². The van der Waals surface area contributed by atoms with Gasteiger partial charge in [-0.05, 0) is 36.4 Å². The van der Waals surface area contributed by atoms with Crippen molar-refractivity contribution in [2.24, 2.45) is 0 Å². The van der Waals surface area contributed by atoms with E-state index < -0.39 is 11.8 Å². The third-order valence-corrected chi connectivity index (χ3v) is 3.01. The molecule has 7 heteroatoms. The van der Waals surface area contributed by atoms with Crippen molar-refractivity contribution in [3.8, 4) is 0 Å². The third-order valence-electron chi connectivity index (χ3n) is 3.01. The lowest BCUT2D eigenvalue weighted by Crippen LogP contribution is -2.30. The minimum atomic E-state index is -0.539. The van der Waals surface area contributed by atoms with Gasteiger partial charge in [-0.15, -0.1) is 0 Å². The molecule has 0 saturated heterocycles. The first kappa shape index (κ1) is 15.3. The summed E-state index contributed by atoms with van der Waals surface area (Å²) in [6.07, 6.45) is 7.37. The number of nitrogens with one attached hydrogen (secondary N) is 2. The molecule has 3 aromatic heterocycles. The lowest BCUT2D eigenvalue weighted by molar-refractivity contribution is -0.113. The molecule has 0 bridgehead atoms. The van der Waals surface area contributed by atoms with Crippen molar-refractivity contribution in [2.45, 2.75) is 0 Å². The fraction of sp³-hybridized carbons (Fsp3) is 0. The van der Waals surface area contributed by atoms with Gasteiger partial charge >= 0.3 is 0 Å². The highest BCUT2D eigenvalue weighted by Crippen LogP contribution is 2.11. The lowest BCUT2D eigenvalue weighted by Gasteiger charge is -2.09. The molecule has 0 aliphatic carbocycles. The number of aromatic nitrogens is 1. The van der Waals surface area contributed by atoms with Crippen LogP contribution in [0.25, 0.3) is 6.08 Å². The fourth-order valence-electron chi connectivity index (χ4n) is 1.90. The SMILES string of the molecule is O=C(Nc1ccncc1)/C(=C\c1ccco1)NC(=O)c1ccco1. The predicted octanol–water partition coefficient (Wildman–Crippen LogP) is 2.68. The van der Waals surface area contributed by atoms with Gasteiger partial charge in [0, 0.05) is 24.2 Å². The van der Waals surface area contributed by atoms with E-state index in [2.05, 4.69) is 15.6 Å². The maximum Gasteiger partial charge on any atom is 0.291 e. The van der Waals surface area contributed by atoms with Crippen molar-refractivity contribution in [3.63, 3.8) is 0 Å². The topological polar surface area (TPSA) is 97.4 Å². The third kappa shape index (κ3) is 3.77. The number of carbonyl (C=O) groups is 2. The molecule has 3 heterocycles. The second kappa shape index (κ2) is 7.10. The van der Waals surface area contributed by atoms with Crippen molar-refractivity contribution >= 4 is 23.6 Å². The summed E-state index contributed by atoms with van der Waals surface area (Å²) >= 11 is 0. The first-order valence-electron chi connectivity index (χ1n) is 7.04. The maximum atomic E-state index is 12.5. The van der Waals surface area contributed by atoms with E-state index >= 15 is 0 Å². The van der Waals surface area contributed by atoms with Crippen molar-refractivity contribution in [3.05, 3.63) is 78.5 Å². The Morgan fingerprint density at radius 3 is 2.42 bits per heavy atom. The molecular weight excluding hydrogens is 310 g/mol. The van der Waals surface area contributed by atoms with Gasteiger partial charge in [0.15, 0.2) is 5.76 Å². The zero-order valence-electron chi connectivity index (χ0n) is 12.4. The van der Waals surface area contributed by atoms with Crippen LogP contribution in [0.5, 0.6) is 0 Å². The van der Waals surface area contributed by atoms with Gasteiger partial charge in [0.25, 0.3) is 11.8 Å². The van der Waals surface area contributed by atoms with Gasteiger partial charge in [-0.25, -0.2) is 0 Å². The van der Waals surface area contributed by atoms with Crippen LogP contribution < -0.4 is 10.6 Å². The molecule has 0 saturated carbocycles. The summed E-state index contributed by atoms with van der Waals surface area (Å²) in [7, 11) is 0. The van der Waals surface area contributed by atoms with Crippen LogP contribution >= 0.6 is 0 Å². The number of nitrogens with zero attached hydrogens (tertiary/aromatic N) is 1. The molecule has 0 unspecified atom stereocenters. The minimum absolute atomic E-state index is 0.0168. The van der Waals surface area contributed by atoms with Crippen LogP contribution in [-0.2, 0) is 4.79 Å². The first-order valence-corrected chi connectivity index (χ1v) is 7.04. The molecule has 0 atom stereocenters. The van der Waals surface area contributed by atoms with Crippen LogP contribution in [0.2, 0.25) is 0 Å². The highest BCUT2D eigenvalue weighted by Gasteiger charge is 2.17. The van der Waals surface area contributed by atoms with Gasteiger partial charge in [-0.1, -0.05) is 0 Å². The molecule has 2 N–H and O–H groups in total. The largest absolute Gasteiger partial charge is 0.465 e. The minimum Gasteiger partial charge on any atom is -0.465 e.